The number of Topliss-reactive ketones (excluding diaryl/α,β-unsaturated/α-hetero) is 2. The predicted molar refractivity (Wildman–Crippen MR) is 602 cm³/mol. The van der Waals surface area contributed by atoms with Crippen LogP contribution in [0.5, 0.6) is 46.0 Å². The Kier molecular flexibility index (Phi) is 52.1. The summed E-state index contributed by atoms with van der Waals surface area (Å²) in [5, 5.41) is 19.1. The van der Waals surface area contributed by atoms with E-state index in [2.05, 4.69) is 119 Å². The van der Waals surface area contributed by atoms with Gasteiger partial charge in [-0.05, 0) is 261 Å². The minimum absolute atomic E-state index is 0. The maximum atomic E-state index is 12.5. The first-order valence-corrected chi connectivity index (χ1v) is 74.0. The van der Waals surface area contributed by atoms with Gasteiger partial charge in [-0.25, -0.2) is 42.1 Å². The van der Waals surface area contributed by atoms with E-state index in [9.17, 15) is 66.1 Å². The molecule has 9 aromatic rings. The fraction of sp³-hybridized carbons (Fsp3) is 0.326. The van der Waals surface area contributed by atoms with Crippen LogP contribution in [0.1, 0.15) is 147 Å². The number of hydrazine groups is 1. The number of halogens is 7. The first-order chi connectivity index (χ1) is 68.2. The molecule has 0 spiro atoms. The van der Waals surface area contributed by atoms with Crippen molar-refractivity contribution in [2.24, 2.45) is 16.8 Å². The first-order valence-electron chi connectivity index (χ1n) is 43.6. The van der Waals surface area contributed by atoms with E-state index in [0.29, 0.717) is 185 Å². The minimum atomic E-state index is -4.67. The predicted octanol–water partition coefficient (Wildman–Crippen LogP) is 11.6. The number of sulfonamides is 4. The fourth-order valence-corrected chi connectivity index (χ4v) is 19.3. The Balaban J connectivity index is 0.000000260. The zero-order valence-electron chi connectivity index (χ0n) is 79.9. The summed E-state index contributed by atoms with van der Waals surface area (Å²) in [7, 11) is -15.4. The molecule has 145 heavy (non-hydrogen) atoms. The molecule has 0 amide bonds. The maximum Gasteiger partial charge on any atom is 0.394 e. The van der Waals surface area contributed by atoms with Gasteiger partial charge in [0.25, 0.3) is 0 Å². The zero-order valence-corrected chi connectivity index (χ0v) is 98.7. The number of rotatable bonds is 15. The van der Waals surface area contributed by atoms with Crippen molar-refractivity contribution in [2.75, 3.05) is 141 Å². The van der Waals surface area contributed by atoms with Crippen molar-refractivity contribution in [3.05, 3.63) is 259 Å². The molecule has 19 rings (SSSR count). The minimum Gasteiger partial charge on any atom is -0.486 e. The van der Waals surface area contributed by atoms with Gasteiger partial charge in [0.15, 0.2) is 69.1 Å². The molecule has 9 N–H and O–H groups in total. The maximum absolute atomic E-state index is 12.5. The molecule has 10 aliphatic rings. The molecule has 1 atom stereocenters. The molecule has 0 fully saturated rings. The second-order valence-electron chi connectivity index (χ2n) is 31.7. The molecule has 1 unspecified atom stereocenters. The number of carbonyl (C=O) groups is 5. The van der Waals surface area contributed by atoms with Crippen molar-refractivity contribution in [3.63, 3.8) is 0 Å². The number of carbonyl (C=O) groups excluding carboxylic acids is 5. The molecule has 0 bridgehead atoms. The quantitative estimate of drug-likeness (QED) is 0.00732. The van der Waals surface area contributed by atoms with Crippen molar-refractivity contribution >= 4 is 239 Å². The standard InChI is InChI=1S/C20H21N3O4S.2C20H19NO5S.C11H13NO3S.C11H12O.C9H8O3.C2H6O.CH3ClO2S.CH4O.I3.I2.HI.H4N2.H2O4S/c1-28(24,25)23-7-6-15-10-13(2-4-18(15)23)16-12-17(22-21-16)14-3-5-19-20(11-14)27-9-8-26-19;2*1-27(23,24)21-9-8-15-13-16(4-5-17(15)21)18(22)6-2-14-3-7-19-20(12-14)26-11-10-25-19;1-8(13)9-3-4-11-10(7-9)5-6-12(11)16(2,14)15;1-8(12)10-6-5-9-3-2-4-11(9)7-10;10-6-7-1-2-8-9(5-7)12-4-3-11-8;1-2-3;1-5(2,3)4;1-2;1-3-2;1-2;;1-2;1-5(2,3)4/h2-5,10-11,17,22H,6-9,12H2,1H3;2*2-7,12-13H,8-11H2,1H3;3-4,7H,5-6H2,1-2H3;5-7H,2-4H2,1H3;1-2,5-6H,3-4H2;3H,2H2,1H3;1H3;2H,1H3;;;1H;1-2H2;(H2,1,2,3,4)/q;;;;;;;;;-1;;;;/b;2*6-2+;;;;;;;;;;;. The molecule has 1 aliphatic carbocycles. The van der Waals surface area contributed by atoms with Gasteiger partial charge in [-0.2, -0.15) is 13.5 Å². The number of hydrogen-bond donors (Lipinski definition) is 7. The van der Waals surface area contributed by atoms with E-state index < -0.39 is 59.5 Å². The Morgan fingerprint density at radius 2 is 0.717 bits per heavy atom. The Morgan fingerprint density at radius 1 is 0.434 bits per heavy atom. The number of nitrogens with one attached hydrogen (secondary N) is 1. The number of hydrogen-bond acceptors (Lipinski definition) is 31. The number of nitrogens with zero attached hydrogens (tertiary/aromatic N) is 5. The van der Waals surface area contributed by atoms with Gasteiger partial charge in [-0.1, -0.05) is 48.6 Å². The normalized spacial score (nSPS) is 15.1. The zero-order chi connectivity index (χ0) is 107. The number of hydrazone groups is 1. The summed E-state index contributed by atoms with van der Waals surface area (Å²) in [6.45, 7) is 11.2. The summed E-state index contributed by atoms with van der Waals surface area (Å²) >= 11 is 9.54. The monoisotopic (exact) mass is 2820 g/mol. The van der Waals surface area contributed by atoms with Gasteiger partial charge in [0.2, 0.25) is 49.1 Å². The molecular formula is C95H112ClI6N8O29S6-. The van der Waals surface area contributed by atoms with E-state index in [1.54, 1.807) is 98.8 Å². The number of aliphatic hydroxyl groups excluding tert-OH is 2. The second kappa shape index (κ2) is 60.2. The van der Waals surface area contributed by atoms with Crippen LogP contribution in [0.3, 0.4) is 0 Å². The van der Waals surface area contributed by atoms with Gasteiger partial charge in [-0.15, -0.1) is 24.0 Å². The summed E-state index contributed by atoms with van der Waals surface area (Å²) in [5.41, 5.74) is 20.5. The van der Waals surface area contributed by atoms with E-state index >= 15 is 0 Å². The Hall–Kier alpha value is -7.99. The number of aliphatic hydroxyl groups is 2. The molecule has 0 radical (unpaired) electrons. The van der Waals surface area contributed by atoms with E-state index in [1.165, 1.54) is 85.3 Å². The number of ketones is 4. The van der Waals surface area contributed by atoms with Gasteiger partial charge < -0.3 is 53.5 Å². The summed E-state index contributed by atoms with van der Waals surface area (Å²) < 4.78 is 194. The Labute approximate surface area is 920 Å². The van der Waals surface area contributed by atoms with Crippen molar-refractivity contribution < 1.29 is 145 Å². The van der Waals surface area contributed by atoms with Gasteiger partial charge in [0, 0.05) is 122 Å². The van der Waals surface area contributed by atoms with Crippen LogP contribution in [-0.2, 0) is 98.1 Å². The smallest absolute Gasteiger partial charge is 0.394 e. The third-order valence-electron chi connectivity index (χ3n) is 21.6. The largest absolute Gasteiger partial charge is 0.486 e. The third-order valence-corrected chi connectivity index (χ3v) is 26.3. The van der Waals surface area contributed by atoms with Gasteiger partial charge in [0.1, 0.15) is 59.1 Å². The molecule has 0 saturated heterocycles. The van der Waals surface area contributed by atoms with Crippen molar-refractivity contribution in [1.29, 1.82) is 0 Å². The van der Waals surface area contributed by atoms with Crippen LogP contribution in [-0.4, -0.2) is 229 Å². The molecule has 0 aromatic heterocycles. The van der Waals surface area contributed by atoms with Crippen LogP contribution in [0.25, 0.3) is 12.2 Å². The van der Waals surface area contributed by atoms with E-state index in [4.69, 9.17) is 65.6 Å². The summed E-state index contributed by atoms with van der Waals surface area (Å²) in [4.78, 5) is 57.7. The number of nitrogens with two attached hydrogens (primary N) is 2. The number of ether oxygens (including phenoxy) is 8. The molecule has 792 valence electrons. The molecular weight excluding hydrogens is 2710 g/mol. The molecule has 0 saturated carbocycles. The summed E-state index contributed by atoms with van der Waals surface area (Å²) in [6.07, 6.45) is 20.0. The number of anilines is 4. The van der Waals surface area contributed by atoms with Crippen LogP contribution in [0.15, 0.2) is 181 Å². The number of fused-ring (bicyclic) bond motifs is 9. The number of benzene rings is 9. The average Bonchev–Trinajstić information content (AvgIpc) is 1.65. The molecule has 50 heteroatoms. The molecule has 9 aromatic carbocycles. The number of allylic oxidation sites excluding steroid dienone is 2. The molecule has 9 aliphatic heterocycles. The van der Waals surface area contributed by atoms with Crippen LogP contribution in [0, 0.1) is 0 Å². The van der Waals surface area contributed by atoms with Crippen LogP contribution in [0.2, 0.25) is 0 Å². The Bertz CT molecular complexity index is 6650. The van der Waals surface area contributed by atoms with Crippen molar-refractivity contribution in [1.82, 2.24) is 5.43 Å². The van der Waals surface area contributed by atoms with E-state index in [0.717, 1.165) is 112 Å². The SMILES string of the molecule is CC(=O)c1ccc2c(c1)CCC2.CC(=O)c1ccc2c(c1)CCN2S(C)(=O)=O.CCO.CO.CS(=O)(=O)Cl.CS(=O)(=O)N1CCc2cc(C(=O)/C=C/c3ccc4c(c3)OCCO4)ccc21.CS(=O)(=O)N1CCc2cc(C(=O)/C=C/c3ccc4c(c3)OCCO4)ccc21.CS(=O)(=O)N1CCc2cc(C3=NNC(c4ccc5c(c4)OCCO5)C3)ccc21.I.II.I[I-]I.NN.O=Cc1ccc2c(c1)OCCO2.O=S(=O)(O)O. The number of aryl methyl sites for hydroxylation is 2. The second-order valence-corrected chi connectivity index (χ2v) is 59.5. The van der Waals surface area contributed by atoms with Crippen molar-refractivity contribution in [2.45, 2.75) is 78.2 Å². The van der Waals surface area contributed by atoms with Gasteiger partial charge >= 0.3 is 60.9 Å². The van der Waals surface area contributed by atoms with Gasteiger partial charge in [-0.3, -0.25) is 62.0 Å². The number of aldehydes is 1. The molecule has 37 nitrogen and oxygen atoms in total. The third kappa shape index (κ3) is 39.7. The Morgan fingerprint density at radius 3 is 1.06 bits per heavy atom. The van der Waals surface area contributed by atoms with Gasteiger partial charge in [0.05, 0.1) is 65.8 Å². The van der Waals surface area contributed by atoms with E-state index in [1.807, 2.05) is 78.9 Å². The van der Waals surface area contributed by atoms with Crippen LogP contribution < -0.4 is 85.5 Å². The topological polar surface area (TPSA) is 534 Å². The summed E-state index contributed by atoms with van der Waals surface area (Å²) in [6, 6.07) is 49.7. The van der Waals surface area contributed by atoms with E-state index in [-0.39, 0.29) is 59.8 Å². The van der Waals surface area contributed by atoms with Crippen molar-refractivity contribution in [3.8, 4) is 46.0 Å². The summed E-state index contributed by atoms with van der Waals surface area (Å²) in [5.74, 6) is 13.6. The molecule has 9 heterocycles. The van der Waals surface area contributed by atoms with Crippen LogP contribution in [0.4, 0.5) is 22.7 Å². The average molecular weight is 2820 g/mol. The van der Waals surface area contributed by atoms with Crippen LogP contribution >= 0.6 is 109 Å². The fourth-order valence-electron chi connectivity index (χ4n) is 15.4. The first kappa shape index (κ1) is 126.